The van der Waals surface area contributed by atoms with Crippen LogP contribution in [0, 0.1) is 0 Å². The van der Waals surface area contributed by atoms with Gasteiger partial charge in [0.1, 0.15) is 0 Å². The van der Waals surface area contributed by atoms with Crippen molar-refractivity contribution < 1.29 is 4.79 Å². The summed E-state index contributed by atoms with van der Waals surface area (Å²) >= 11 is 0. The molecule has 0 heterocycles. The fraction of sp³-hybridized carbons (Fsp3) is 0.375. The first kappa shape index (κ1) is 6.27. The molecule has 47 valence electrons. The highest BCUT2D eigenvalue weighted by Crippen LogP contribution is 2.12. The molecular formula is C8H9O. The van der Waals surface area contributed by atoms with Crippen molar-refractivity contribution in [3.8, 4) is 0 Å². The first-order chi connectivity index (χ1) is 4.43. The Kier molecular flexibility index (Phi) is 2.25. The molecule has 0 fully saturated rings. The van der Waals surface area contributed by atoms with Gasteiger partial charge in [-0.05, 0) is 12.8 Å². The van der Waals surface area contributed by atoms with Crippen molar-refractivity contribution in [2.45, 2.75) is 19.3 Å². The van der Waals surface area contributed by atoms with Gasteiger partial charge in [0.05, 0.1) is 0 Å². The minimum absolute atomic E-state index is 0.490. The van der Waals surface area contributed by atoms with Crippen LogP contribution in [0.25, 0.3) is 0 Å². The molecule has 0 atom stereocenters. The minimum Gasteiger partial charge on any atom is -0.291 e. The van der Waals surface area contributed by atoms with Gasteiger partial charge in [-0.25, -0.2) is 0 Å². The second kappa shape index (κ2) is 3.23. The molecule has 0 saturated heterocycles. The highest BCUT2D eigenvalue weighted by Gasteiger charge is 1.96. The van der Waals surface area contributed by atoms with Crippen molar-refractivity contribution >= 4 is 6.29 Å². The Hall–Kier alpha value is -0.850. The Morgan fingerprint density at radius 1 is 1.56 bits per heavy atom. The van der Waals surface area contributed by atoms with Gasteiger partial charge in [-0.1, -0.05) is 23.8 Å². The predicted octanol–water partition coefficient (Wildman–Crippen LogP) is 1.76. The Morgan fingerprint density at radius 2 is 2.44 bits per heavy atom. The molecule has 1 heteroatoms. The van der Waals surface area contributed by atoms with E-state index in [1.165, 1.54) is 5.57 Å². The third-order valence-electron chi connectivity index (χ3n) is 1.39. The summed E-state index contributed by atoms with van der Waals surface area (Å²) in [5, 5.41) is 0. The van der Waals surface area contributed by atoms with E-state index in [2.05, 4.69) is 18.2 Å². The van der Waals surface area contributed by atoms with Gasteiger partial charge >= 0.3 is 0 Å². The summed E-state index contributed by atoms with van der Waals surface area (Å²) in [6.45, 7) is 0. The number of allylic oxidation sites excluding steroid dienone is 4. The largest absolute Gasteiger partial charge is 0.291 e. The first-order valence-electron chi connectivity index (χ1n) is 3.11. The van der Waals surface area contributed by atoms with E-state index in [1.807, 2.05) is 6.29 Å². The quantitative estimate of drug-likeness (QED) is 0.509. The van der Waals surface area contributed by atoms with Crippen molar-refractivity contribution in [2.75, 3.05) is 0 Å². The van der Waals surface area contributed by atoms with E-state index >= 15 is 0 Å². The fourth-order valence-electron chi connectivity index (χ4n) is 0.886. The summed E-state index contributed by atoms with van der Waals surface area (Å²) in [7, 11) is 0. The van der Waals surface area contributed by atoms with Gasteiger partial charge in [0.25, 0.3) is 0 Å². The van der Waals surface area contributed by atoms with E-state index < -0.39 is 0 Å². The second-order valence-corrected chi connectivity index (χ2v) is 2.09. The highest BCUT2D eigenvalue weighted by atomic mass is 16.1. The van der Waals surface area contributed by atoms with Gasteiger partial charge in [-0.3, -0.25) is 4.79 Å². The smallest absolute Gasteiger partial charge is 0.202 e. The van der Waals surface area contributed by atoms with Gasteiger partial charge < -0.3 is 0 Å². The zero-order valence-electron chi connectivity index (χ0n) is 5.26. The lowest BCUT2D eigenvalue weighted by atomic mass is 10.0. The molecule has 0 unspecified atom stereocenters. The standard InChI is InChI=1S/C8H9O/c9-7-6-8-4-2-1-3-5-8/h1-2,5H,3-4,6H2. The van der Waals surface area contributed by atoms with E-state index in [0.29, 0.717) is 6.42 Å². The topological polar surface area (TPSA) is 17.1 Å². The molecular weight excluding hydrogens is 112 g/mol. The average molecular weight is 121 g/mol. The van der Waals surface area contributed by atoms with Crippen molar-refractivity contribution in [2.24, 2.45) is 0 Å². The van der Waals surface area contributed by atoms with Crippen LogP contribution >= 0.6 is 0 Å². The molecule has 0 N–H and O–H groups in total. The van der Waals surface area contributed by atoms with Crippen LogP contribution < -0.4 is 0 Å². The van der Waals surface area contributed by atoms with E-state index in [4.69, 9.17) is 0 Å². The van der Waals surface area contributed by atoms with Crippen molar-refractivity contribution in [3.63, 3.8) is 0 Å². The minimum atomic E-state index is 0.490. The van der Waals surface area contributed by atoms with E-state index in [-0.39, 0.29) is 0 Å². The Labute approximate surface area is 55.1 Å². The molecule has 1 nitrogen and oxygen atoms in total. The van der Waals surface area contributed by atoms with Crippen LogP contribution in [0.4, 0.5) is 0 Å². The van der Waals surface area contributed by atoms with Crippen LogP contribution in [0.2, 0.25) is 0 Å². The lowest BCUT2D eigenvalue weighted by molar-refractivity contribution is 0.554. The number of carbonyl (C=O) groups excluding carboxylic acids is 1. The molecule has 0 amide bonds. The second-order valence-electron chi connectivity index (χ2n) is 2.09. The monoisotopic (exact) mass is 121 g/mol. The van der Waals surface area contributed by atoms with Crippen LogP contribution in [0.3, 0.4) is 0 Å². The van der Waals surface area contributed by atoms with Gasteiger partial charge in [-0.2, -0.15) is 0 Å². The van der Waals surface area contributed by atoms with Crippen LogP contribution in [-0.2, 0) is 4.79 Å². The summed E-state index contributed by atoms with van der Waals surface area (Å²) in [6.07, 6.45) is 10.6. The SMILES string of the molecule is O=[C]CC1=CCC=CC1. The van der Waals surface area contributed by atoms with Gasteiger partial charge in [0, 0.05) is 6.42 Å². The lowest BCUT2D eigenvalue weighted by Gasteiger charge is -2.01. The molecule has 0 aromatic rings. The lowest BCUT2D eigenvalue weighted by Crippen LogP contribution is -1.86. The van der Waals surface area contributed by atoms with E-state index in [9.17, 15) is 4.79 Å². The molecule has 0 aliphatic heterocycles. The molecule has 1 aliphatic carbocycles. The first-order valence-corrected chi connectivity index (χ1v) is 3.11. The summed E-state index contributed by atoms with van der Waals surface area (Å²) in [4.78, 5) is 9.88. The molecule has 0 aromatic heterocycles. The maximum absolute atomic E-state index is 9.88. The third kappa shape index (κ3) is 1.84. The Morgan fingerprint density at radius 3 is 3.00 bits per heavy atom. The number of hydrogen-bond acceptors (Lipinski definition) is 1. The molecule has 1 aliphatic rings. The summed E-state index contributed by atoms with van der Waals surface area (Å²) in [5.74, 6) is 0. The Bertz CT molecular complexity index is 150. The zero-order valence-corrected chi connectivity index (χ0v) is 5.26. The zero-order chi connectivity index (χ0) is 6.53. The molecule has 0 spiro atoms. The molecule has 0 bridgehead atoms. The van der Waals surface area contributed by atoms with Gasteiger partial charge in [-0.15, -0.1) is 0 Å². The van der Waals surface area contributed by atoms with Crippen LogP contribution in [0.5, 0.6) is 0 Å². The predicted molar refractivity (Wildman–Crippen MR) is 36.8 cm³/mol. The van der Waals surface area contributed by atoms with Crippen molar-refractivity contribution in [3.05, 3.63) is 23.8 Å². The van der Waals surface area contributed by atoms with E-state index in [1.54, 1.807) is 0 Å². The molecule has 0 saturated carbocycles. The summed E-state index contributed by atoms with van der Waals surface area (Å²) in [6, 6.07) is 0. The maximum atomic E-state index is 9.88. The molecule has 1 radical (unpaired) electrons. The molecule has 9 heavy (non-hydrogen) atoms. The van der Waals surface area contributed by atoms with Gasteiger partial charge in [0.2, 0.25) is 6.29 Å². The fourth-order valence-corrected chi connectivity index (χ4v) is 0.886. The summed E-state index contributed by atoms with van der Waals surface area (Å²) < 4.78 is 0. The number of rotatable bonds is 2. The normalized spacial score (nSPS) is 17.1. The van der Waals surface area contributed by atoms with Crippen LogP contribution in [0.15, 0.2) is 23.8 Å². The molecule has 1 rings (SSSR count). The van der Waals surface area contributed by atoms with Crippen molar-refractivity contribution in [1.29, 1.82) is 0 Å². The third-order valence-corrected chi connectivity index (χ3v) is 1.39. The summed E-state index contributed by atoms with van der Waals surface area (Å²) in [5.41, 5.74) is 1.20. The van der Waals surface area contributed by atoms with Crippen LogP contribution in [-0.4, -0.2) is 6.29 Å². The Balaban J connectivity index is 2.40. The van der Waals surface area contributed by atoms with Crippen molar-refractivity contribution in [1.82, 2.24) is 0 Å². The molecule has 0 aromatic carbocycles. The van der Waals surface area contributed by atoms with Gasteiger partial charge in [0.15, 0.2) is 0 Å². The van der Waals surface area contributed by atoms with Crippen LogP contribution in [0.1, 0.15) is 19.3 Å². The number of hydrogen-bond donors (Lipinski definition) is 0. The van der Waals surface area contributed by atoms with E-state index in [0.717, 1.165) is 12.8 Å². The highest BCUT2D eigenvalue weighted by molar-refractivity contribution is 5.55. The maximum Gasteiger partial charge on any atom is 0.202 e. The average Bonchev–Trinajstić information content (AvgIpc) is 1.91.